The summed E-state index contributed by atoms with van der Waals surface area (Å²) in [5.41, 5.74) is 1.06. The Bertz CT molecular complexity index is 1080. The van der Waals surface area contributed by atoms with Gasteiger partial charge in [0.2, 0.25) is 5.91 Å². The number of benzene rings is 2. The van der Waals surface area contributed by atoms with Crippen LogP contribution in [0.1, 0.15) is 30.3 Å². The van der Waals surface area contributed by atoms with E-state index in [1.165, 1.54) is 6.07 Å². The molecule has 0 aliphatic carbocycles. The fraction of sp³-hybridized carbons (Fsp3) is 0.292. The molecule has 1 aromatic heterocycles. The Labute approximate surface area is 186 Å². The van der Waals surface area contributed by atoms with Crippen LogP contribution in [-0.2, 0) is 11.8 Å². The van der Waals surface area contributed by atoms with Gasteiger partial charge in [0.25, 0.3) is 0 Å². The summed E-state index contributed by atoms with van der Waals surface area (Å²) in [4.78, 5) is 31.9. The minimum Gasteiger partial charge on any atom is -0.342 e. The van der Waals surface area contributed by atoms with E-state index >= 15 is 0 Å². The third-order valence-corrected chi connectivity index (χ3v) is 5.72. The van der Waals surface area contributed by atoms with Gasteiger partial charge in [-0.1, -0.05) is 36.4 Å². The molecule has 1 fully saturated rings. The van der Waals surface area contributed by atoms with Crippen LogP contribution in [0.15, 0.2) is 67.0 Å². The number of halogens is 1. The summed E-state index contributed by atoms with van der Waals surface area (Å²) in [7, 11) is 1.80. The number of aryl methyl sites for hydroxylation is 1. The minimum atomic E-state index is -0.725. The van der Waals surface area contributed by atoms with E-state index in [-0.39, 0.29) is 17.9 Å². The first-order chi connectivity index (χ1) is 15.5. The van der Waals surface area contributed by atoms with Gasteiger partial charge in [0.1, 0.15) is 17.7 Å². The van der Waals surface area contributed by atoms with Crippen molar-refractivity contribution in [1.82, 2.24) is 19.8 Å². The van der Waals surface area contributed by atoms with Crippen LogP contribution in [-0.4, -0.2) is 39.5 Å². The highest BCUT2D eigenvalue weighted by molar-refractivity contribution is 5.90. The topological polar surface area (TPSA) is 79.3 Å². The summed E-state index contributed by atoms with van der Waals surface area (Å²) in [6, 6.07) is 14.6. The van der Waals surface area contributed by atoms with Crippen LogP contribution >= 0.6 is 0 Å². The second-order valence-electron chi connectivity index (χ2n) is 7.94. The third kappa shape index (κ3) is 4.80. The predicted octanol–water partition coefficient (Wildman–Crippen LogP) is 3.71. The average Bonchev–Trinajstić information content (AvgIpc) is 3.24. The SMILES string of the molecule is Cn1ccnc1C(NC(=O)C1CCCN(C(=O)Nc2ccccc2)C1)c1ccccc1F. The molecule has 3 aromatic rings. The summed E-state index contributed by atoms with van der Waals surface area (Å²) in [6.07, 6.45) is 4.75. The van der Waals surface area contributed by atoms with Crippen LogP contribution in [0.3, 0.4) is 0 Å². The number of piperidine rings is 1. The Hall–Kier alpha value is -3.68. The molecular weight excluding hydrogens is 409 g/mol. The van der Waals surface area contributed by atoms with Crippen molar-refractivity contribution in [2.75, 3.05) is 18.4 Å². The lowest BCUT2D eigenvalue weighted by atomic mass is 9.96. The molecule has 1 aliphatic rings. The molecule has 1 saturated heterocycles. The zero-order chi connectivity index (χ0) is 22.5. The highest BCUT2D eigenvalue weighted by Gasteiger charge is 2.31. The van der Waals surface area contributed by atoms with Crippen molar-refractivity contribution in [3.8, 4) is 0 Å². The van der Waals surface area contributed by atoms with E-state index in [4.69, 9.17) is 0 Å². The average molecular weight is 436 g/mol. The van der Waals surface area contributed by atoms with Crippen molar-refractivity contribution in [1.29, 1.82) is 0 Å². The zero-order valence-corrected chi connectivity index (χ0v) is 17.9. The number of hydrogen-bond acceptors (Lipinski definition) is 3. The number of aromatic nitrogens is 2. The molecule has 0 bridgehead atoms. The molecule has 2 aromatic carbocycles. The Kier molecular flexibility index (Phi) is 6.49. The van der Waals surface area contributed by atoms with E-state index < -0.39 is 11.9 Å². The predicted molar refractivity (Wildman–Crippen MR) is 119 cm³/mol. The number of amides is 3. The third-order valence-electron chi connectivity index (χ3n) is 5.72. The molecule has 32 heavy (non-hydrogen) atoms. The lowest BCUT2D eigenvalue weighted by molar-refractivity contribution is -0.126. The summed E-state index contributed by atoms with van der Waals surface area (Å²) in [5.74, 6) is -0.482. The van der Waals surface area contributed by atoms with E-state index in [1.807, 2.05) is 30.3 Å². The molecule has 0 spiro atoms. The Balaban J connectivity index is 1.48. The number of rotatable bonds is 5. The van der Waals surface area contributed by atoms with Crippen molar-refractivity contribution >= 4 is 17.6 Å². The molecule has 0 saturated carbocycles. The normalized spacial score (nSPS) is 16.9. The highest BCUT2D eigenvalue weighted by atomic mass is 19.1. The highest BCUT2D eigenvalue weighted by Crippen LogP contribution is 2.25. The zero-order valence-electron chi connectivity index (χ0n) is 17.9. The van der Waals surface area contributed by atoms with Crippen molar-refractivity contribution in [3.63, 3.8) is 0 Å². The fourth-order valence-electron chi connectivity index (χ4n) is 4.01. The van der Waals surface area contributed by atoms with Gasteiger partial charge in [0.15, 0.2) is 0 Å². The lowest BCUT2D eigenvalue weighted by Crippen LogP contribution is -2.47. The number of imidazole rings is 1. The summed E-state index contributed by atoms with van der Waals surface area (Å²) in [5, 5.41) is 5.84. The molecule has 4 rings (SSSR count). The van der Waals surface area contributed by atoms with Gasteiger partial charge in [-0.15, -0.1) is 0 Å². The maximum Gasteiger partial charge on any atom is 0.321 e. The van der Waals surface area contributed by atoms with E-state index in [2.05, 4.69) is 15.6 Å². The number of nitrogens with zero attached hydrogens (tertiary/aromatic N) is 3. The number of carbonyl (C=O) groups excluding carboxylic acids is 2. The molecule has 2 atom stereocenters. The van der Waals surface area contributed by atoms with Gasteiger partial charge < -0.3 is 20.1 Å². The van der Waals surface area contributed by atoms with Crippen LogP contribution < -0.4 is 10.6 Å². The molecule has 1 aliphatic heterocycles. The molecule has 3 amide bonds. The molecule has 8 heteroatoms. The van der Waals surface area contributed by atoms with Gasteiger partial charge in [0.05, 0.1) is 5.92 Å². The van der Waals surface area contributed by atoms with E-state index in [9.17, 15) is 14.0 Å². The number of likely N-dealkylation sites (tertiary alicyclic amines) is 1. The molecule has 166 valence electrons. The molecule has 2 N–H and O–H groups in total. The van der Waals surface area contributed by atoms with E-state index in [0.717, 1.165) is 0 Å². The number of anilines is 1. The van der Waals surface area contributed by atoms with Gasteiger partial charge in [-0.2, -0.15) is 0 Å². The minimum absolute atomic E-state index is 0.224. The lowest BCUT2D eigenvalue weighted by Gasteiger charge is -2.33. The smallest absolute Gasteiger partial charge is 0.321 e. The maximum atomic E-state index is 14.6. The summed E-state index contributed by atoms with van der Waals surface area (Å²) < 4.78 is 16.3. The van der Waals surface area contributed by atoms with Crippen LogP contribution in [0.2, 0.25) is 0 Å². The molecule has 2 unspecified atom stereocenters. The number of urea groups is 1. The van der Waals surface area contributed by atoms with Crippen molar-refractivity contribution in [2.24, 2.45) is 13.0 Å². The van der Waals surface area contributed by atoms with Gasteiger partial charge in [-0.3, -0.25) is 4.79 Å². The second kappa shape index (κ2) is 9.64. The first-order valence-corrected chi connectivity index (χ1v) is 10.7. The summed E-state index contributed by atoms with van der Waals surface area (Å²) >= 11 is 0. The van der Waals surface area contributed by atoms with Crippen LogP contribution in [0.25, 0.3) is 0 Å². The number of hydrogen-bond donors (Lipinski definition) is 2. The number of carbonyl (C=O) groups is 2. The monoisotopic (exact) mass is 435 g/mol. The van der Waals surface area contributed by atoms with Gasteiger partial charge >= 0.3 is 6.03 Å². The standard InChI is InChI=1S/C24H26FN5O2/c1-29-15-13-26-22(29)21(19-11-5-6-12-20(19)25)28-23(31)17-8-7-14-30(16-17)24(32)27-18-9-3-2-4-10-18/h2-6,9-13,15,17,21H,7-8,14,16H2,1H3,(H,27,32)(H,28,31). The molecule has 2 heterocycles. The first kappa shape index (κ1) is 21.5. The molecular formula is C24H26FN5O2. The Morgan fingerprint density at radius 1 is 1.12 bits per heavy atom. The van der Waals surface area contributed by atoms with Crippen molar-refractivity contribution in [3.05, 3.63) is 84.2 Å². The van der Waals surface area contributed by atoms with Crippen LogP contribution in [0.5, 0.6) is 0 Å². The number of para-hydroxylation sites is 1. The van der Waals surface area contributed by atoms with E-state index in [1.54, 1.807) is 47.1 Å². The van der Waals surface area contributed by atoms with Gasteiger partial charge in [-0.05, 0) is 31.0 Å². The first-order valence-electron chi connectivity index (χ1n) is 10.7. The maximum absolute atomic E-state index is 14.6. The Morgan fingerprint density at radius 2 is 1.88 bits per heavy atom. The van der Waals surface area contributed by atoms with Gasteiger partial charge in [0, 0.05) is 43.8 Å². The molecule has 0 radical (unpaired) electrons. The number of nitrogens with one attached hydrogen (secondary N) is 2. The Morgan fingerprint density at radius 3 is 2.59 bits per heavy atom. The van der Waals surface area contributed by atoms with Gasteiger partial charge in [-0.25, -0.2) is 14.2 Å². The fourth-order valence-corrected chi connectivity index (χ4v) is 4.01. The van der Waals surface area contributed by atoms with E-state index in [0.29, 0.717) is 43.0 Å². The van der Waals surface area contributed by atoms with Crippen molar-refractivity contribution in [2.45, 2.75) is 18.9 Å². The summed E-state index contributed by atoms with van der Waals surface area (Å²) in [6.45, 7) is 0.883. The molecule has 7 nitrogen and oxygen atoms in total. The van der Waals surface area contributed by atoms with Crippen LogP contribution in [0, 0.1) is 11.7 Å². The quantitative estimate of drug-likeness (QED) is 0.641. The second-order valence-corrected chi connectivity index (χ2v) is 7.94. The van der Waals surface area contributed by atoms with Crippen LogP contribution in [0.4, 0.5) is 14.9 Å². The largest absolute Gasteiger partial charge is 0.342 e. The van der Waals surface area contributed by atoms with Crippen molar-refractivity contribution < 1.29 is 14.0 Å².